The van der Waals surface area contributed by atoms with E-state index in [1.54, 1.807) is 0 Å². The van der Waals surface area contributed by atoms with Crippen molar-refractivity contribution in [3.8, 4) is 0 Å². The summed E-state index contributed by atoms with van der Waals surface area (Å²) in [6, 6.07) is 5.58. The summed E-state index contributed by atoms with van der Waals surface area (Å²) in [5.41, 5.74) is 1.63. The molecule has 2 rings (SSSR count). The lowest BCUT2D eigenvalue weighted by Gasteiger charge is -1.95. The first-order chi connectivity index (χ1) is 6.79. The van der Waals surface area contributed by atoms with Crippen LogP contribution in [0.15, 0.2) is 27.4 Å². The lowest BCUT2D eigenvalue weighted by molar-refractivity contribution is -0.107. The highest BCUT2D eigenvalue weighted by atomic mass is 32.1. The average Bonchev–Trinajstić information content (AvgIpc) is 2.54. The van der Waals surface area contributed by atoms with Gasteiger partial charge in [0.1, 0.15) is 11.9 Å². The van der Waals surface area contributed by atoms with Gasteiger partial charge in [-0.05, 0) is 24.1 Å². The Bertz CT molecular complexity index is 509. The van der Waals surface area contributed by atoms with E-state index in [2.05, 4.69) is 0 Å². The van der Waals surface area contributed by atoms with Crippen molar-refractivity contribution in [3.05, 3.63) is 33.5 Å². The van der Waals surface area contributed by atoms with E-state index < -0.39 is 0 Å². The van der Waals surface area contributed by atoms with Crippen molar-refractivity contribution in [3.63, 3.8) is 0 Å². The maximum Gasteiger partial charge on any atom is 0.396 e. The number of hydrogen-bond acceptors (Lipinski definition) is 4. The minimum absolute atomic E-state index is 0.285. The van der Waals surface area contributed by atoms with Gasteiger partial charge in [0, 0.05) is 6.42 Å². The summed E-state index contributed by atoms with van der Waals surface area (Å²) >= 11 is 1.09. The summed E-state index contributed by atoms with van der Waals surface area (Å²) in [5.74, 6) is 0. The lowest BCUT2D eigenvalue weighted by atomic mass is 10.1. The van der Waals surface area contributed by atoms with E-state index in [-0.39, 0.29) is 4.94 Å². The topological polar surface area (TPSA) is 47.3 Å². The van der Waals surface area contributed by atoms with Gasteiger partial charge >= 0.3 is 4.94 Å². The number of benzene rings is 1. The van der Waals surface area contributed by atoms with Crippen LogP contribution in [0.2, 0.25) is 0 Å². The molecule has 0 atom stereocenters. The number of fused-ring (bicyclic) bond motifs is 1. The zero-order valence-electron chi connectivity index (χ0n) is 7.36. The summed E-state index contributed by atoms with van der Waals surface area (Å²) < 4.78 is 5.81. The Kier molecular flexibility index (Phi) is 2.45. The second-order valence-electron chi connectivity index (χ2n) is 2.94. The maximum absolute atomic E-state index is 10.9. The Morgan fingerprint density at radius 2 is 2.29 bits per heavy atom. The van der Waals surface area contributed by atoms with E-state index in [1.807, 2.05) is 18.2 Å². The van der Waals surface area contributed by atoms with Crippen molar-refractivity contribution in [1.82, 2.24) is 0 Å². The van der Waals surface area contributed by atoms with Crippen molar-refractivity contribution in [2.24, 2.45) is 0 Å². The summed E-state index contributed by atoms with van der Waals surface area (Å²) in [7, 11) is 0. The average molecular weight is 208 g/mol. The van der Waals surface area contributed by atoms with E-state index in [0.717, 1.165) is 27.9 Å². The zero-order chi connectivity index (χ0) is 9.97. The fourth-order valence-corrected chi connectivity index (χ4v) is 1.95. The number of rotatable bonds is 3. The Labute approximate surface area is 84.0 Å². The predicted molar refractivity (Wildman–Crippen MR) is 54.7 cm³/mol. The molecule has 1 aromatic heterocycles. The number of carbonyl (C=O) groups excluding carboxylic acids is 1. The van der Waals surface area contributed by atoms with Crippen molar-refractivity contribution in [2.45, 2.75) is 12.8 Å². The third-order valence-electron chi connectivity index (χ3n) is 1.95. The van der Waals surface area contributed by atoms with Crippen molar-refractivity contribution < 1.29 is 9.21 Å². The van der Waals surface area contributed by atoms with Gasteiger partial charge in [-0.2, -0.15) is 0 Å². The first kappa shape index (κ1) is 9.15. The molecule has 0 spiro atoms. The Morgan fingerprint density at radius 1 is 1.43 bits per heavy atom. The highest BCUT2D eigenvalue weighted by Gasteiger charge is 2.02. The number of aldehydes is 1. The molecule has 0 N–H and O–H groups in total. The van der Waals surface area contributed by atoms with Crippen LogP contribution in [0.25, 0.3) is 10.3 Å². The predicted octanol–water partition coefficient (Wildman–Crippen LogP) is 1.99. The van der Waals surface area contributed by atoms with E-state index in [9.17, 15) is 9.59 Å². The molecule has 0 radical (unpaired) electrons. The van der Waals surface area contributed by atoms with E-state index in [1.165, 1.54) is 0 Å². The molecule has 0 bridgehead atoms. The molecule has 0 amide bonds. The fourth-order valence-electron chi connectivity index (χ4n) is 1.30. The van der Waals surface area contributed by atoms with Gasteiger partial charge in [-0.3, -0.25) is 0 Å². The quantitative estimate of drug-likeness (QED) is 0.724. The van der Waals surface area contributed by atoms with Gasteiger partial charge < -0.3 is 9.21 Å². The van der Waals surface area contributed by atoms with E-state index in [0.29, 0.717) is 18.4 Å². The number of carbonyl (C=O) groups is 1. The molecular weight excluding hydrogens is 200 g/mol. The van der Waals surface area contributed by atoms with E-state index >= 15 is 0 Å². The first-order valence-corrected chi connectivity index (χ1v) is 5.07. The summed E-state index contributed by atoms with van der Waals surface area (Å²) in [6.45, 7) is 0. The van der Waals surface area contributed by atoms with Gasteiger partial charge in [0.15, 0.2) is 0 Å². The SMILES string of the molecule is O=CCCc1ccc2sc(=O)oc2c1. The molecule has 0 saturated carbocycles. The molecule has 0 unspecified atom stereocenters. The molecule has 1 aromatic carbocycles. The van der Waals surface area contributed by atoms with Gasteiger partial charge in [-0.25, -0.2) is 4.79 Å². The molecule has 3 nitrogen and oxygen atoms in total. The van der Waals surface area contributed by atoms with Crippen LogP contribution in [0, 0.1) is 0 Å². The van der Waals surface area contributed by atoms with Gasteiger partial charge in [0.2, 0.25) is 0 Å². The third-order valence-corrected chi connectivity index (χ3v) is 2.75. The number of hydrogen-bond donors (Lipinski definition) is 0. The van der Waals surface area contributed by atoms with Crippen LogP contribution < -0.4 is 4.94 Å². The minimum atomic E-state index is -0.285. The largest absolute Gasteiger partial charge is 0.414 e. The van der Waals surface area contributed by atoms with Crippen molar-refractivity contribution >= 4 is 27.9 Å². The van der Waals surface area contributed by atoms with E-state index in [4.69, 9.17) is 4.42 Å². The van der Waals surface area contributed by atoms with Crippen LogP contribution in [-0.2, 0) is 11.2 Å². The summed E-state index contributed by atoms with van der Waals surface area (Å²) in [6.07, 6.45) is 2.08. The Hall–Kier alpha value is -1.42. The lowest BCUT2D eigenvalue weighted by Crippen LogP contribution is -1.85. The van der Waals surface area contributed by atoms with Crippen LogP contribution in [0.1, 0.15) is 12.0 Å². The Balaban J connectivity index is 2.40. The van der Waals surface area contributed by atoms with Gasteiger partial charge in [0.05, 0.1) is 4.70 Å². The van der Waals surface area contributed by atoms with Crippen LogP contribution in [-0.4, -0.2) is 6.29 Å². The minimum Gasteiger partial charge on any atom is -0.414 e. The summed E-state index contributed by atoms with van der Waals surface area (Å²) in [5, 5.41) is 0. The molecule has 2 aromatic rings. The third kappa shape index (κ3) is 1.75. The van der Waals surface area contributed by atoms with Crippen molar-refractivity contribution in [2.75, 3.05) is 0 Å². The molecular formula is C10H8O3S. The monoisotopic (exact) mass is 208 g/mol. The molecule has 1 heterocycles. The second-order valence-corrected chi connectivity index (χ2v) is 3.92. The van der Waals surface area contributed by atoms with Crippen LogP contribution >= 0.6 is 11.3 Å². The zero-order valence-corrected chi connectivity index (χ0v) is 8.17. The smallest absolute Gasteiger partial charge is 0.396 e. The maximum atomic E-state index is 10.9. The van der Waals surface area contributed by atoms with Gasteiger partial charge in [-0.15, -0.1) is 0 Å². The highest BCUT2D eigenvalue weighted by Crippen LogP contribution is 2.18. The molecule has 0 aliphatic carbocycles. The van der Waals surface area contributed by atoms with Gasteiger partial charge in [-0.1, -0.05) is 17.4 Å². The van der Waals surface area contributed by atoms with Crippen molar-refractivity contribution in [1.29, 1.82) is 0 Å². The molecule has 14 heavy (non-hydrogen) atoms. The van der Waals surface area contributed by atoms with Crippen LogP contribution in [0.3, 0.4) is 0 Å². The molecule has 0 aliphatic heterocycles. The molecule has 0 aliphatic rings. The van der Waals surface area contributed by atoms with Gasteiger partial charge in [0.25, 0.3) is 0 Å². The molecule has 4 heteroatoms. The molecule has 0 fully saturated rings. The normalized spacial score (nSPS) is 10.6. The first-order valence-electron chi connectivity index (χ1n) is 4.26. The summed E-state index contributed by atoms with van der Waals surface area (Å²) in [4.78, 5) is 20.8. The second kappa shape index (κ2) is 3.75. The standard InChI is InChI=1S/C10H8O3S/c11-5-1-2-7-3-4-9-8(6-7)13-10(12)14-9/h3-6H,1-2H2. The fraction of sp³-hybridized carbons (Fsp3) is 0.200. The van der Waals surface area contributed by atoms with Crippen LogP contribution in [0.4, 0.5) is 0 Å². The van der Waals surface area contributed by atoms with Crippen LogP contribution in [0.5, 0.6) is 0 Å². The molecule has 0 saturated heterocycles. The highest BCUT2D eigenvalue weighted by molar-refractivity contribution is 7.16. The Morgan fingerprint density at radius 3 is 3.07 bits per heavy atom. The molecule has 72 valence electrons. The number of aryl methyl sites for hydroxylation is 1.